The molecule has 2 aromatic carbocycles. The van der Waals surface area contributed by atoms with Crippen molar-refractivity contribution in [2.24, 2.45) is 11.0 Å². The summed E-state index contributed by atoms with van der Waals surface area (Å²) in [6.07, 6.45) is 2.03. The lowest BCUT2D eigenvalue weighted by molar-refractivity contribution is -0.141. The van der Waals surface area contributed by atoms with Crippen molar-refractivity contribution in [2.75, 3.05) is 27.8 Å². The lowest BCUT2D eigenvalue weighted by Crippen LogP contribution is -2.39. The van der Waals surface area contributed by atoms with Crippen LogP contribution < -0.4 is 9.47 Å². The first-order valence-electron chi connectivity index (χ1n) is 10.5. The molecule has 0 unspecified atom stereocenters. The van der Waals surface area contributed by atoms with Crippen LogP contribution in [-0.2, 0) is 9.59 Å². The predicted octanol–water partition coefficient (Wildman–Crippen LogP) is 3.39. The van der Waals surface area contributed by atoms with E-state index in [4.69, 9.17) is 9.47 Å². The van der Waals surface area contributed by atoms with Crippen molar-refractivity contribution in [2.45, 2.75) is 25.3 Å². The molecule has 1 atom stereocenters. The van der Waals surface area contributed by atoms with Gasteiger partial charge in [0.25, 0.3) is 5.91 Å². The van der Waals surface area contributed by atoms with Gasteiger partial charge in [0.2, 0.25) is 5.91 Å². The zero-order chi connectivity index (χ0) is 22.8. The Morgan fingerprint density at radius 3 is 2.56 bits per heavy atom. The zero-order valence-electron chi connectivity index (χ0n) is 18.4. The van der Waals surface area contributed by atoms with Crippen LogP contribution in [0.25, 0.3) is 0 Å². The van der Waals surface area contributed by atoms with Gasteiger partial charge in [-0.15, -0.1) is 0 Å². The number of nitrogens with zero attached hydrogens (tertiary/aromatic N) is 3. The summed E-state index contributed by atoms with van der Waals surface area (Å²) in [5, 5.41) is 5.87. The molecule has 1 fully saturated rings. The minimum atomic E-state index is -0.616. The van der Waals surface area contributed by atoms with E-state index in [0.717, 1.165) is 12.8 Å². The van der Waals surface area contributed by atoms with Crippen molar-refractivity contribution < 1.29 is 23.5 Å². The molecular formula is C24H26FN3O4. The Kier molecular flexibility index (Phi) is 6.12. The fourth-order valence-electron chi connectivity index (χ4n) is 3.92. The maximum absolute atomic E-state index is 14.7. The lowest BCUT2D eigenvalue weighted by Gasteiger charge is -2.25. The zero-order valence-corrected chi connectivity index (χ0v) is 18.4. The molecule has 7 nitrogen and oxygen atoms in total. The summed E-state index contributed by atoms with van der Waals surface area (Å²) in [6, 6.07) is 11.1. The van der Waals surface area contributed by atoms with Crippen molar-refractivity contribution in [3.63, 3.8) is 0 Å². The molecule has 4 rings (SSSR count). The van der Waals surface area contributed by atoms with Crippen LogP contribution in [0, 0.1) is 11.7 Å². The summed E-state index contributed by atoms with van der Waals surface area (Å²) in [5.74, 6) is 0.374. The largest absolute Gasteiger partial charge is 0.497 e. The minimum absolute atomic E-state index is 0.0105. The van der Waals surface area contributed by atoms with Crippen molar-refractivity contribution in [1.82, 2.24) is 9.91 Å². The van der Waals surface area contributed by atoms with Gasteiger partial charge in [-0.1, -0.05) is 18.2 Å². The molecule has 1 saturated carbocycles. The van der Waals surface area contributed by atoms with E-state index in [2.05, 4.69) is 5.10 Å². The molecule has 1 aliphatic carbocycles. The molecule has 1 aliphatic heterocycles. The van der Waals surface area contributed by atoms with E-state index in [1.165, 1.54) is 16.0 Å². The summed E-state index contributed by atoms with van der Waals surface area (Å²) in [4.78, 5) is 26.9. The number of amides is 2. The second-order valence-corrected chi connectivity index (χ2v) is 8.06. The van der Waals surface area contributed by atoms with Gasteiger partial charge in [0.05, 0.1) is 26.0 Å². The molecule has 0 aromatic heterocycles. The number of halogens is 1. The molecule has 0 bridgehead atoms. The highest BCUT2D eigenvalue weighted by molar-refractivity contribution is 6.05. The van der Waals surface area contributed by atoms with E-state index < -0.39 is 11.9 Å². The van der Waals surface area contributed by atoms with Crippen LogP contribution in [0.2, 0.25) is 0 Å². The fourth-order valence-corrected chi connectivity index (χ4v) is 3.92. The van der Waals surface area contributed by atoms with E-state index in [0.29, 0.717) is 34.8 Å². The quantitative estimate of drug-likeness (QED) is 0.663. The number of carbonyl (C=O) groups excluding carboxylic acids is 2. The highest BCUT2D eigenvalue weighted by Gasteiger charge is 2.38. The molecule has 0 spiro atoms. The molecule has 0 N–H and O–H groups in total. The van der Waals surface area contributed by atoms with Gasteiger partial charge in [0, 0.05) is 36.6 Å². The van der Waals surface area contributed by atoms with Crippen molar-refractivity contribution >= 4 is 17.5 Å². The summed E-state index contributed by atoms with van der Waals surface area (Å²) in [5.41, 5.74) is 1.68. The van der Waals surface area contributed by atoms with Gasteiger partial charge in [0.15, 0.2) is 0 Å². The first kappa shape index (κ1) is 21.8. The molecule has 2 aliphatic rings. The summed E-state index contributed by atoms with van der Waals surface area (Å²) < 4.78 is 25.4. The summed E-state index contributed by atoms with van der Waals surface area (Å²) in [7, 11) is 4.73. The molecular weight excluding hydrogens is 413 g/mol. The molecule has 0 radical (unpaired) electrons. The molecule has 2 aromatic rings. The Bertz CT molecular complexity index is 1070. The lowest BCUT2D eigenvalue weighted by atomic mass is 9.97. The maximum atomic E-state index is 14.7. The van der Waals surface area contributed by atoms with Gasteiger partial charge in [-0.2, -0.15) is 5.10 Å². The number of hydrogen-bond donors (Lipinski definition) is 0. The number of ether oxygens (including phenoxy) is 2. The molecule has 168 valence electrons. The van der Waals surface area contributed by atoms with Crippen LogP contribution >= 0.6 is 0 Å². The fraction of sp³-hybridized carbons (Fsp3) is 0.375. The number of benzene rings is 2. The smallest absolute Gasteiger partial charge is 0.262 e. The Hall–Kier alpha value is -3.42. The molecule has 0 saturated heterocycles. The first-order chi connectivity index (χ1) is 15.4. The molecule has 1 heterocycles. The van der Waals surface area contributed by atoms with E-state index in [1.54, 1.807) is 51.6 Å². The second kappa shape index (κ2) is 8.98. The van der Waals surface area contributed by atoms with Gasteiger partial charge in [-0.25, -0.2) is 9.40 Å². The standard InChI is InChI=1S/C24H26FN3O4/c1-27(24(30)15-8-9-15)14-23(29)28-21(17-6-4-5-7-19(17)25)13-20(26-28)18-11-10-16(31-2)12-22(18)32-3/h4-7,10-12,15,21H,8-9,13-14H2,1-3H3/t21-/m0/s1. The van der Waals surface area contributed by atoms with Crippen LogP contribution in [0.5, 0.6) is 11.5 Å². The number of hydrazone groups is 1. The first-order valence-corrected chi connectivity index (χ1v) is 10.5. The Morgan fingerprint density at radius 1 is 1.16 bits per heavy atom. The van der Waals surface area contributed by atoms with Gasteiger partial charge >= 0.3 is 0 Å². The Morgan fingerprint density at radius 2 is 1.91 bits per heavy atom. The third-order valence-corrected chi connectivity index (χ3v) is 5.82. The SMILES string of the molecule is COc1ccc(C2=NN(C(=O)CN(C)C(=O)C3CC3)[C@H](c3ccccc3F)C2)c(OC)c1. The van der Waals surface area contributed by atoms with Crippen molar-refractivity contribution in [1.29, 1.82) is 0 Å². The number of methoxy groups -OCH3 is 2. The van der Waals surface area contributed by atoms with Crippen LogP contribution in [-0.4, -0.2) is 55.2 Å². The highest BCUT2D eigenvalue weighted by atomic mass is 19.1. The third-order valence-electron chi connectivity index (χ3n) is 5.82. The average Bonchev–Trinajstić information content (AvgIpc) is 3.56. The van der Waals surface area contributed by atoms with Crippen LogP contribution in [0.4, 0.5) is 4.39 Å². The van der Waals surface area contributed by atoms with E-state index in [9.17, 15) is 14.0 Å². The van der Waals surface area contributed by atoms with Gasteiger partial charge in [-0.3, -0.25) is 9.59 Å². The topological polar surface area (TPSA) is 71.4 Å². The number of rotatable bonds is 7. The van der Waals surface area contributed by atoms with E-state index >= 15 is 0 Å². The van der Waals surface area contributed by atoms with Crippen LogP contribution in [0.15, 0.2) is 47.6 Å². The average molecular weight is 439 g/mol. The summed E-state index contributed by atoms with van der Waals surface area (Å²) >= 11 is 0. The highest BCUT2D eigenvalue weighted by Crippen LogP contribution is 2.37. The maximum Gasteiger partial charge on any atom is 0.262 e. The molecule has 32 heavy (non-hydrogen) atoms. The van der Waals surface area contributed by atoms with Gasteiger partial charge in [0.1, 0.15) is 23.9 Å². The normalized spacial score (nSPS) is 17.7. The van der Waals surface area contributed by atoms with E-state index in [1.807, 2.05) is 6.07 Å². The Labute approximate surface area is 186 Å². The van der Waals surface area contributed by atoms with Crippen LogP contribution in [0.1, 0.15) is 36.4 Å². The van der Waals surface area contributed by atoms with E-state index in [-0.39, 0.29) is 24.3 Å². The van der Waals surface area contributed by atoms with Gasteiger partial charge < -0.3 is 14.4 Å². The predicted molar refractivity (Wildman–Crippen MR) is 117 cm³/mol. The monoisotopic (exact) mass is 439 g/mol. The molecule has 2 amide bonds. The number of likely N-dealkylation sites (N-methyl/N-ethyl adjacent to an activating group) is 1. The minimum Gasteiger partial charge on any atom is -0.497 e. The third kappa shape index (κ3) is 4.30. The number of carbonyl (C=O) groups is 2. The van der Waals surface area contributed by atoms with Crippen molar-refractivity contribution in [3.05, 3.63) is 59.4 Å². The van der Waals surface area contributed by atoms with Gasteiger partial charge in [-0.05, 0) is 31.0 Å². The van der Waals surface area contributed by atoms with Crippen LogP contribution in [0.3, 0.4) is 0 Å². The Balaban J connectivity index is 1.66. The summed E-state index contributed by atoms with van der Waals surface area (Å²) in [6.45, 7) is -0.114. The number of hydrogen-bond acceptors (Lipinski definition) is 5. The van der Waals surface area contributed by atoms with Crippen molar-refractivity contribution in [3.8, 4) is 11.5 Å². The molecule has 8 heteroatoms. The second-order valence-electron chi connectivity index (χ2n) is 8.06.